The smallest absolute Gasteiger partial charge is 0.0965 e. The maximum Gasteiger partial charge on any atom is 0.0965 e. The lowest BCUT2D eigenvalue weighted by molar-refractivity contribution is 1.13. The standard InChI is InChI=1S/C76H56N6/c1-49-51(3)69(81-71-31-19-17-29-65(71)67-45-61(35-39-73(67)81)79(57-21-9-5-10-22-57)58-23-11-6-12-24-58)41-37-63(49)55-43-53-33-34-54-44-56(48-78-76(54)75(53)77-47-55)64-38-42-70(52(4)50(64)2)82-72-32-20-18-30-66(72)68-46-62(36-40-74(68)82)80(59-25-13-7-14-26-59)60-27-15-8-16-28-60/h5-48H,1-4H3. The first kappa shape index (κ1) is 48.6. The Balaban J connectivity index is 0.749. The van der Waals surface area contributed by atoms with Gasteiger partial charge in [0.25, 0.3) is 0 Å². The van der Waals surface area contributed by atoms with Crippen LogP contribution in [0.2, 0.25) is 0 Å². The zero-order valence-electron chi connectivity index (χ0n) is 46.1. The van der Waals surface area contributed by atoms with Gasteiger partial charge in [0.1, 0.15) is 0 Å². The summed E-state index contributed by atoms with van der Waals surface area (Å²) in [6.07, 6.45) is 4.05. The van der Waals surface area contributed by atoms with Crippen molar-refractivity contribution in [2.75, 3.05) is 9.80 Å². The lowest BCUT2D eigenvalue weighted by Gasteiger charge is -2.25. The Morgan fingerprint density at radius 1 is 0.280 bits per heavy atom. The van der Waals surface area contributed by atoms with Crippen molar-refractivity contribution in [2.45, 2.75) is 27.7 Å². The van der Waals surface area contributed by atoms with Crippen molar-refractivity contribution in [3.05, 3.63) is 289 Å². The predicted octanol–water partition coefficient (Wildman–Crippen LogP) is 20.5. The molecular formula is C76H56N6. The molecule has 0 radical (unpaired) electrons. The van der Waals surface area contributed by atoms with Crippen LogP contribution >= 0.6 is 0 Å². The first-order valence-corrected chi connectivity index (χ1v) is 28.1. The monoisotopic (exact) mass is 1050 g/mol. The molecule has 390 valence electrons. The van der Waals surface area contributed by atoms with Crippen LogP contribution in [-0.2, 0) is 0 Å². The number of anilines is 6. The molecule has 0 amide bonds. The zero-order valence-corrected chi connectivity index (χ0v) is 46.1. The van der Waals surface area contributed by atoms with Crippen LogP contribution in [0.4, 0.5) is 34.1 Å². The van der Waals surface area contributed by atoms with Gasteiger partial charge in [-0.05, 0) is 182 Å². The third-order valence-corrected chi connectivity index (χ3v) is 17.0. The highest BCUT2D eigenvalue weighted by atomic mass is 15.1. The van der Waals surface area contributed by atoms with Crippen LogP contribution in [0.25, 0.3) is 99.0 Å². The molecule has 0 aliphatic heterocycles. The van der Waals surface area contributed by atoms with Crippen LogP contribution in [0.15, 0.2) is 267 Å². The van der Waals surface area contributed by atoms with Gasteiger partial charge in [0, 0.05) is 101 Å². The van der Waals surface area contributed by atoms with Crippen molar-refractivity contribution in [3.8, 4) is 33.6 Å². The van der Waals surface area contributed by atoms with Crippen LogP contribution in [0.5, 0.6) is 0 Å². The van der Waals surface area contributed by atoms with Crippen LogP contribution in [0.1, 0.15) is 22.3 Å². The molecule has 82 heavy (non-hydrogen) atoms. The summed E-state index contributed by atoms with van der Waals surface area (Å²) >= 11 is 0. The number of fused-ring (bicyclic) bond motifs is 9. The summed E-state index contributed by atoms with van der Waals surface area (Å²) < 4.78 is 4.87. The van der Waals surface area contributed by atoms with Crippen LogP contribution in [0.3, 0.4) is 0 Å². The van der Waals surface area contributed by atoms with Gasteiger partial charge in [-0.3, -0.25) is 9.97 Å². The number of nitrogens with zero attached hydrogens (tertiary/aromatic N) is 6. The van der Waals surface area contributed by atoms with E-state index in [1.54, 1.807) is 0 Å². The van der Waals surface area contributed by atoms with Gasteiger partial charge < -0.3 is 18.9 Å². The number of benzene rings is 11. The van der Waals surface area contributed by atoms with E-state index in [0.717, 1.165) is 67.1 Å². The summed E-state index contributed by atoms with van der Waals surface area (Å²) in [5.74, 6) is 0. The molecule has 11 aromatic carbocycles. The average molecular weight is 1050 g/mol. The van der Waals surface area contributed by atoms with E-state index < -0.39 is 0 Å². The minimum absolute atomic E-state index is 0.898. The fourth-order valence-electron chi connectivity index (χ4n) is 12.7. The van der Waals surface area contributed by atoms with E-state index in [4.69, 9.17) is 9.97 Å². The lowest BCUT2D eigenvalue weighted by Crippen LogP contribution is -2.09. The molecule has 0 aliphatic rings. The third-order valence-electron chi connectivity index (χ3n) is 17.0. The van der Waals surface area contributed by atoms with E-state index in [0.29, 0.717) is 0 Å². The SMILES string of the molecule is Cc1c(-c2cnc3c(ccc4cc(-c5ccc(-n6c7ccccc7c7cc(N(c8ccccc8)c8ccccc8)ccc76)c(C)c5C)cnc43)c2)ccc(-n2c3ccccc3c3cc(N(c4ccccc4)c4ccccc4)ccc32)c1C. The molecule has 15 rings (SSSR count). The van der Waals surface area contributed by atoms with Gasteiger partial charge in [-0.1, -0.05) is 133 Å². The molecule has 4 aromatic heterocycles. The number of pyridine rings is 2. The minimum atomic E-state index is 0.898. The highest BCUT2D eigenvalue weighted by molar-refractivity contribution is 6.12. The van der Waals surface area contributed by atoms with Gasteiger partial charge >= 0.3 is 0 Å². The molecule has 6 nitrogen and oxygen atoms in total. The summed E-state index contributed by atoms with van der Waals surface area (Å²) in [4.78, 5) is 15.0. The fraction of sp³-hybridized carbons (Fsp3) is 0.0526. The van der Waals surface area contributed by atoms with Gasteiger partial charge in [-0.25, -0.2) is 0 Å². The Bertz CT molecular complexity index is 4570. The largest absolute Gasteiger partial charge is 0.310 e. The normalized spacial score (nSPS) is 11.7. The predicted molar refractivity (Wildman–Crippen MR) is 345 cm³/mol. The first-order chi connectivity index (χ1) is 40.4. The van der Waals surface area contributed by atoms with Crippen molar-refractivity contribution >= 4 is 99.5 Å². The number of para-hydroxylation sites is 6. The summed E-state index contributed by atoms with van der Waals surface area (Å²) in [6.45, 7) is 8.99. The van der Waals surface area contributed by atoms with Gasteiger partial charge in [0.2, 0.25) is 0 Å². The third kappa shape index (κ3) is 7.94. The highest BCUT2D eigenvalue weighted by Gasteiger charge is 2.22. The molecule has 0 spiro atoms. The van der Waals surface area contributed by atoms with Crippen molar-refractivity contribution in [1.82, 2.24) is 19.1 Å². The maximum absolute atomic E-state index is 5.17. The number of hydrogen-bond acceptors (Lipinski definition) is 4. The minimum Gasteiger partial charge on any atom is -0.310 e. The van der Waals surface area contributed by atoms with Crippen LogP contribution in [-0.4, -0.2) is 19.1 Å². The number of aromatic nitrogens is 4. The molecule has 15 aromatic rings. The van der Waals surface area contributed by atoms with Crippen LogP contribution in [0, 0.1) is 27.7 Å². The van der Waals surface area contributed by atoms with Gasteiger partial charge in [-0.15, -0.1) is 0 Å². The van der Waals surface area contributed by atoms with E-state index in [1.807, 2.05) is 12.4 Å². The van der Waals surface area contributed by atoms with Crippen molar-refractivity contribution in [2.24, 2.45) is 0 Å². The van der Waals surface area contributed by atoms with Gasteiger partial charge in [0.15, 0.2) is 0 Å². The molecule has 0 saturated carbocycles. The Labute approximate surface area is 476 Å². The van der Waals surface area contributed by atoms with E-state index in [-0.39, 0.29) is 0 Å². The molecule has 4 heterocycles. The first-order valence-electron chi connectivity index (χ1n) is 28.1. The van der Waals surface area contributed by atoms with E-state index in [9.17, 15) is 0 Å². The van der Waals surface area contributed by atoms with Crippen molar-refractivity contribution in [3.63, 3.8) is 0 Å². The Morgan fingerprint density at radius 2 is 0.622 bits per heavy atom. The second-order valence-electron chi connectivity index (χ2n) is 21.5. The quantitative estimate of drug-likeness (QED) is 0.128. The summed E-state index contributed by atoms with van der Waals surface area (Å²) in [5, 5.41) is 6.98. The second kappa shape index (κ2) is 19.7. The van der Waals surface area contributed by atoms with E-state index in [1.165, 1.54) is 88.4 Å². The second-order valence-corrected chi connectivity index (χ2v) is 21.5. The van der Waals surface area contributed by atoms with Crippen molar-refractivity contribution < 1.29 is 0 Å². The lowest BCUT2D eigenvalue weighted by atomic mass is 9.94. The summed E-state index contributed by atoms with van der Waals surface area (Å²) in [6, 6.07) is 91.8. The topological polar surface area (TPSA) is 42.1 Å². The molecule has 0 aliphatic carbocycles. The Morgan fingerprint density at radius 3 is 1.00 bits per heavy atom. The molecule has 0 saturated heterocycles. The molecule has 6 heteroatoms. The van der Waals surface area contributed by atoms with Crippen LogP contribution < -0.4 is 9.80 Å². The zero-order chi connectivity index (χ0) is 55.0. The summed E-state index contributed by atoms with van der Waals surface area (Å²) in [7, 11) is 0. The summed E-state index contributed by atoms with van der Waals surface area (Å²) in [5.41, 5.74) is 24.9. The molecule has 0 atom stereocenters. The van der Waals surface area contributed by atoms with Gasteiger partial charge in [-0.2, -0.15) is 0 Å². The molecule has 0 unspecified atom stereocenters. The van der Waals surface area contributed by atoms with Crippen molar-refractivity contribution in [1.29, 1.82) is 0 Å². The van der Waals surface area contributed by atoms with Gasteiger partial charge in [0.05, 0.1) is 33.1 Å². The molecule has 0 N–H and O–H groups in total. The van der Waals surface area contributed by atoms with E-state index in [2.05, 4.69) is 301 Å². The molecular weight excluding hydrogens is 997 g/mol. The Kier molecular flexibility index (Phi) is 11.6. The fourth-order valence-corrected chi connectivity index (χ4v) is 12.7. The number of rotatable bonds is 10. The maximum atomic E-state index is 5.17. The highest BCUT2D eigenvalue weighted by Crippen LogP contribution is 2.44. The number of hydrogen-bond donors (Lipinski definition) is 0. The van der Waals surface area contributed by atoms with E-state index >= 15 is 0 Å². The molecule has 0 fully saturated rings. The average Bonchev–Trinajstić information content (AvgIpc) is 3.77. The Hall–Kier alpha value is -10.6. The molecule has 0 bridgehead atoms.